The maximum absolute atomic E-state index is 9.67. The van der Waals surface area contributed by atoms with Crippen molar-refractivity contribution < 1.29 is 4.79 Å². The van der Waals surface area contributed by atoms with Crippen LogP contribution in [0, 0.1) is 11.3 Å². The molecular formula is C4H6N2O. The average Bonchev–Trinajstić information content (AvgIpc) is 1.68. The number of hydrogen-bond acceptors (Lipinski definition) is 2. The van der Waals surface area contributed by atoms with Crippen LogP contribution < -0.4 is 0 Å². The summed E-state index contributed by atoms with van der Waals surface area (Å²) in [5, 5.41) is 7.92. The molecule has 0 fully saturated rings. The Labute approximate surface area is 42.1 Å². The van der Waals surface area contributed by atoms with Gasteiger partial charge in [0.25, 0.3) is 0 Å². The van der Waals surface area contributed by atoms with Crippen molar-refractivity contribution in [2.45, 2.75) is 0 Å². The van der Waals surface area contributed by atoms with Gasteiger partial charge >= 0.3 is 0 Å². The number of amides is 1. The lowest BCUT2D eigenvalue weighted by atomic mass is 10.7. The highest BCUT2D eigenvalue weighted by atomic mass is 16.1. The van der Waals surface area contributed by atoms with Gasteiger partial charge in [0.05, 0.1) is 6.07 Å². The van der Waals surface area contributed by atoms with E-state index in [-0.39, 0.29) is 6.54 Å². The van der Waals surface area contributed by atoms with Crippen LogP contribution in [0.3, 0.4) is 0 Å². The van der Waals surface area contributed by atoms with Gasteiger partial charge in [-0.3, -0.25) is 4.79 Å². The highest BCUT2D eigenvalue weighted by Gasteiger charge is 1.84. The summed E-state index contributed by atoms with van der Waals surface area (Å²) in [4.78, 5) is 10.9. The second-order valence-corrected chi connectivity index (χ2v) is 1.18. The van der Waals surface area contributed by atoms with Gasteiger partial charge in [0, 0.05) is 7.05 Å². The normalized spacial score (nSPS) is 6.86. The van der Waals surface area contributed by atoms with E-state index in [1.54, 1.807) is 7.05 Å². The van der Waals surface area contributed by atoms with Crippen LogP contribution in [0.4, 0.5) is 0 Å². The monoisotopic (exact) mass is 98.0 g/mol. The van der Waals surface area contributed by atoms with Crippen molar-refractivity contribution in [3.63, 3.8) is 0 Å². The highest BCUT2D eigenvalue weighted by Crippen LogP contribution is 1.67. The van der Waals surface area contributed by atoms with Gasteiger partial charge in [0.15, 0.2) is 0 Å². The van der Waals surface area contributed by atoms with Crippen LogP contribution >= 0.6 is 0 Å². The Kier molecular flexibility index (Phi) is 2.69. The van der Waals surface area contributed by atoms with E-state index in [1.807, 2.05) is 6.07 Å². The van der Waals surface area contributed by atoms with Gasteiger partial charge in [0.1, 0.15) is 6.54 Å². The second kappa shape index (κ2) is 3.16. The zero-order valence-corrected chi connectivity index (χ0v) is 4.09. The van der Waals surface area contributed by atoms with Crippen LogP contribution in [-0.2, 0) is 4.79 Å². The van der Waals surface area contributed by atoms with Crippen LogP contribution in [0.5, 0.6) is 0 Å². The molecule has 0 aliphatic carbocycles. The lowest BCUT2D eigenvalue weighted by Gasteiger charge is -1.99. The van der Waals surface area contributed by atoms with Gasteiger partial charge in [-0.25, -0.2) is 0 Å². The summed E-state index contributed by atoms with van der Waals surface area (Å²) in [6, 6.07) is 1.81. The molecule has 0 aliphatic rings. The molecule has 0 aromatic carbocycles. The van der Waals surface area contributed by atoms with Gasteiger partial charge in [-0.15, -0.1) is 0 Å². The van der Waals surface area contributed by atoms with Crippen molar-refractivity contribution >= 4 is 6.41 Å². The fourth-order valence-electron chi connectivity index (χ4n) is 0.149. The van der Waals surface area contributed by atoms with E-state index in [4.69, 9.17) is 5.26 Å². The van der Waals surface area contributed by atoms with Crippen molar-refractivity contribution in [2.24, 2.45) is 0 Å². The number of nitriles is 1. The number of rotatable bonds is 2. The third-order valence-electron chi connectivity index (χ3n) is 0.500. The summed E-state index contributed by atoms with van der Waals surface area (Å²) in [5.41, 5.74) is 0. The molecule has 0 saturated heterocycles. The lowest BCUT2D eigenvalue weighted by Crippen LogP contribution is -2.15. The Morgan fingerprint density at radius 1 is 2.00 bits per heavy atom. The number of hydrogen-bond donors (Lipinski definition) is 0. The molecule has 0 N–H and O–H groups in total. The Morgan fingerprint density at radius 3 is 2.71 bits per heavy atom. The van der Waals surface area contributed by atoms with Crippen molar-refractivity contribution in [2.75, 3.05) is 13.6 Å². The summed E-state index contributed by atoms with van der Waals surface area (Å²) in [7, 11) is 1.55. The van der Waals surface area contributed by atoms with Gasteiger partial charge in [-0.1, -0.05) is 0 Å². The molecule has 0 unspecified atom stereocenters. The number of carbonyl (C=O) groups is 1. The third-order valence-corrected chi connectivity index (χ3v) is 0.500. The molecule has 0 saturated carbocycles. The SMILES string of the molecule is CN(C=O)CC#N. The van der Waals surface area contributed by atoms with Crippen LogP contribution in [0.15, 0.2) is 0 Å². The Morgan fingerprint density at radius 2 is 2.57 bits per heavy atom. The van der Waals surface area contributed by atoms with Crippen molar-refractivity contribution in [1.29, 1.82) is 5.26 Å². The van der Waals surface area contributed by atoms with E-state index in [2.05, 4.69) is 0 Å². The Balaban J connectivity index is 3.21. The molecule has 3 heteroatoms. The average molecular weight is 98.1 g/mol. The number of carbonyl (C=O) groups excluding carboxylic acids is 1. The molecule has 0 rings (SSSR count). The molecule has 0 aromatic heterocycles. The maximum Gasteiger partial charge on any atom is 0.210 e. The molecular weight excluding hydrogens is 92.1 g/mol. The zero-order chi connectivity index (χ0) is 5.70. The van der Waals surface area contributed by atoms with Gasteiger partial charge in [0.2, 0.25) is 6.41 Å². The largest absolute Gasteiger partial charge is 0.335 e. The molecule has 0 bridgehead atoms. The predicted molar refractivity (Wildman–Crippen MR) is 24.3 cm³/mol. The molecule has 0 aliphatic heterocycles. The maximum atomic E-state index is 9.67. The molecule has 3 nitrogen and oxygen atoms in total. The minimum atomic E-state index is 0.170. The smallest absolute Gasteiger partial charge is 0.210 e. The number of nitrogens with zero attached hydrogens (tertiary/aromatic N) is 2. The summed E-state index contributed by atoms with van der Waals surface area (Å²) in [5.74, 6) is 0. The van der Waals surface area contributed by atoms with E-state index >= 15 is 0 Å². The van der Waals surface area contributed by atoms with Crippen molar-refractivity contribution in [3.05, 3.63) is 0 Å². The van der Waals surface area contributed by atoms with Crippen LogP contribution in [0.25, 0.3) is 0 Å². The zero-order valence-electron chi connectivity index (χ0n) is 4.09. The summed E-state index contributed by atoms with van der Waals surface area (Å²) >= 11 is 0. The third kappa shape index (κ3) is 2.77. The molecule has 0 heterocycles. The predicted octanol–water partition coefficient (Wildman–Crippen LogP) is -0.402. The van der Waals surface area contributed by atoms with Crippen LogP contribution in [-0.4, -0.2) is 24.9 Å². The first-order chi connectivity index (χ1) is 3.31. The molecule has 0 aromatic rings. The quantitative estimate of drug-likeness (QED) is 0.348. The standard InChI is InChI=1S/C4H6N2O/c1-6(4-7)3-2-5/h4H,3H2,1H3. The molecule has 0 spiro atoms. The Hall–Kier alpha value is -1.04. The molecule has 7 heavy (non-hydrogen) atoms. The lowest BCUT2D eigenvalue weighted by molar-refractivity contribution is -0.116. The Bertz CT molecular complexity index is 94.4. The highest BCUT2D eigenvalue weighted by molar-refractivity contribution is 5.46. The van der Waals surface area contributed by atoms with Crippen molar-refractivity contribution in [1.82, 2.24) is 4.90 Å². The van der Waals surface area contributed by atoms with E-state index in [0.29, 0.717) is 6.41 Å². The van der Waals surface area contributed by atoms with Crippen molar-refractivity contribution in [3.8, 4) is 6.07 Å². The van der Waals surface area contributed by atoms with E-state index < -0.39 is 0 Å². The minimum Gasteiger partial charge on any atom is -0.335 e. The van der Waals surface area contributed by atoms with Crippen LogP contribution in [0.2, 0.25) is 0 Å². The minimum absolute atomic E-state index is 0.170. The fraction of sp³-hybridized carbons (Fsp3) is 0.500. The fourth-order valence-corrected chi connectivity index (χ4v) is 0.149. The van der Waals surface area contributed by atoms with E-state index in [0.717, 1.165) is 0 Å². The van der Waals surface area contributed by atoms with E-state index in [9.17, 15) is 4.79 Å². The molecule has 38 valence electrons. The van der Waals surface area contributed by atoms with Gasteiger partial charge in [-0.2, -0.15) is 5.26 Å². The summed E-state index contributed by atoms with van der Waals surface area (Å²) in [6.07, 6.45) is 0.614. The topological polar surface area (TPSA) is 44.1 Å². The van der Waals surface area contributed by atoms with Crippen LogP contribution in [0.1, 0.15) is 0 Å². The summed E-state index contributed by atoms with van der Waals surface area (Å²) < 4.78 is 0. The summed E-state index contributed by atoms with van der Waals surface area (Å²) in [6.45, 7) is 0.170. The second-order valence-electron chi connectivity index (χ2n) is 1.18. The first kappa shape index (κ1) is 5.96. The first-order valence-corrected chi connectivity index (χ1v) is 1.83. The first-order valence-electron chi connectivity index (χ1n) is 1.83. The molecule has 0 radical (unpaired) electrons. The molecule has 1 amide bonds. The van der Waals surface area contributed by atoms with E-state index in [1.165, 1.54) is 4.90 Å². The van der Waals surface area contributed by atoms with Gasteiger partial charge < -0.3 is 4.90 Å². The van der Waals surface area contributed by atoms with Gasteiger partial charge in [-0.05, 0) is 0 Å². The molecule has 0 atom stereocenters.